The highest BCUT2D eigenvalue weighted by molar-refractivity contribution is 5.58. The van der Waals surface area contributed by atoms with Crippen molar-refractivity contribution in [3.05, 3.63) is 22.4 Å². The van der Waals surface area contributed by atoms with Crippen LogP contribution >= 0.6 is 0 Å². The summed E-state index contributed by atoms with van der Waals surface area (Å²) in [5.41, 5.74) is 0.762. The molecule has 0 aliphatic heterocycles. The Morgan fingerprint density at radius 2 is 2.25 bits per heavy atom. The fourth-order valence-corrected chi connectivity index (χ4v) is 1.31. The Morgan fingerprint density at radius 1 is 1.56 bits per heavy atom. The van der Waals surface area contributed by atoms with Crippen molar-refractivity contribution in [3.8, 4) is 5.75 Å². The Bertz CT molecular complexity index is 416. The van der Waals surface area contributed by atoms with E-state index in [0.717, 1.165) is 18.5 Å². The molecule has 6 nitrogen and oxygen atoms in total. The number of aromatic nitrogens is 1. The summed E-state index contributed by atoms with van der Waals surface area (Å²) in [4.78, 5) is 15.7. The molecule has 6 heteroatoms. The first-order valence-corrected chi connectivity index (χ1v) is 5.06. The van der Waals surface area contributed by atoms with Gasteiger partial charge in [-0.05, 0) is 22.7 Å². The lowest BCUT2D eigenvalue weighted by molar-refractivity contribution is -0.389. The molecule has 0 unspecified atom stereocenters. The van der Waals surface area contributed by atoms with E-state index in [1.165, 1.54) is 12.3 Å². The molecule has 0 aromatic carbocycles. The first-order chi connectivity index (χ1) is 7.58. The molecule has 1 aliphatic rings. The van der Waals surface area contributed by atoms with Crippen molar-refractivity contribution >= 4 is 11.5 Å². The van der Waals surface area contributed by atoms with E-state index in [9.17, 15) is 10.1 Å². The maximum atomic E-state index is 10.6. The van der Waals surface area contributed by atoms with E-state index in [2.05, 4.69) is 4.98 Å². The lowest BCUT2D eigenvalue weighted by Gasteiger charge is -2.15. The third kappa shape index (κ3) is 2.21. The fraction of sp³-hybridized carbons (Fsp3) is 0.500. The molecule has 0 bridgehead atoms. The second-order valence-electron chi connectivity index (χ2n) is 3.98. The van der Waals surface area contributed by atoms with Crippen LogP contribution in [0.2, 0.25) is 0 Å². The van der Waals surface area contributed by atoms with Crippen LogP contribution < -0.4 is 9.64 Å². The molecule has 1 heterocycles. The Kier molecular flexibility index (Phi) is 2.64. The SMILES string of the molecule is CN(C)c1cnc([N+](=O)[O-])cc1OC1CC1. The van der Waals surface area contributed by atoms with Crippen molar-refractivity contribution in [2.45, 2.75) is 18.9 Å². The van der Waals surface area contributed by atoms with Gasteiger partial charge in [0.2, 0.25) is 0 Å². The molecule has 1 fully saturated rings. The van der Waals surface area contributed by atoms with E-state index < -0.39 is 4.92 Å². The minimum Gasteiger partial charge on any atom is -0.488 e. The smallest absolute Gasteiger partial charge is 0.367 e. The third-order valence-electron chi connectivity index (χ3n) is 2.32. The third-order valence-corrected chi connectivity index (χ3v) is 2.32. The second kappa shape index (κ2) is 3.96. The van der Waals surface area contributed by atoms with Crippen LogP contribution in [-0.2, 0) is 0 Å². The Labute approximate surface area is 93.0 Å². The van der Waals surface area contributed by atoms with Gasteiger partial charge in [-0.25, -0.2) is 0 Å². The molecular weight excluding hydrogens is 210 g/mol. The molecule has 2 rings (SSSR count). The summed E-state index contributed by atoms with van der Waals surface area (Å²) >= 11 is 0. The zero-order valence-electron chi connectivity index (χ0n) is 9.21. The molecule has 0 radical (unpaired) electrons. The van der Waals surface area contributed by atoms with Gasteiger partial charge in [0.25, 0.3) is 0 Å². The number of hydrogen-bond acceptors (Lipinski definition) is 5. The van der Waals surface area contributed by atoms with Gasteiger partial charge in [-0.1, -0.05) is 0 Å². The molecule has 86 valence electrons. The molecule has 0 atom stereocenters. The second-order valence-corrected chi connectivity index (χ2v) is 3.98. The van der Waals surface area contributed by atoms with E-state index >= 15 is 0 Å². The number of pyridine rings is 1. The van der Waals surface area contributed by atoms with Gasteiger partial charge < -0.3 is 19.8 Å². The summed E-state index contributed by atoms with van der Waals surface area (Å²) in [5.74, 6) is 0.357. The molecule has 0 N–H and O–H groups in total. The van der Waals surface area contributed by atoms with E-state index in [1.807, 2.05) is 19.0 Å². The predicted molar refractivity (Wildman–Crippen MR) is 58.9 cm³/mol. The van der Waals surface area contributed by atoms with Crippen LogP contribution in [0.25, 0.3) is 0 Å². The lowest BCUT2D eigenvalue weighted by atomic mass is 10.3. The molecule has 0 spiro atoms. The summed E-state index contributed by atoms with van der Waals surface area (Å²) in [6, 6.07) is 1.38. The molecule has 1 aromatic rings. The van der Waals surface area contributed by atoms with Crippen LogP contribution in [0.1, 0.15) is 12.8 Å². The van der Waals surface area contributed by atoms with Crippen LogP contribution in [0.4, 0.5) is 11.5 Å². The Balaban J connectivity index is 2.33. The number of rotatable bonds is 4. The Morgan fingerprint density at radius 3 is 2.75 bits per heavy atom. The highest BCUT2D eigenvalue weighted by Crippen LogP contribution is 2.34. The van der Waals surface area contributed by atoms with Crippen molar-refractivity contribution in [1.82, 2.24) is 4.98 Å². The maximum Gasteiger partial charge on any atom is 0.367 e. The van der Waals surface area contributed by atoms with Gasteiger partial charge in [0.05, 0.1) is 12.2 Å². The topological polar surface area (TPSA) is 68.5 Å². The van der Waals surface area contributed by atoms with E-state index in [-0.39, 0.29) is 11.9 Å². The predicted octanol–water partition coefficient (Wildman–Crippen LogP) is 1.60. The lowest BCUT2D eigenvalue weighted by Crippen LogP contribution is -2.12. The average Bonchev–Trinajstić information content (AvgIpc) is 3.01. The minimum atomic E-state index is -0.515. The number of hydrogen-bond donors (Lipinski definition) is 0. The van der Waals surface area contributed by atoms with Gasteiger partial charge in [-0.15, -0.1) is 0 Å². The monoisotopic (exact) mass is 223 g/mol. The van der Waals surface area contributed by atoms with Gasteiger partial charge in [0, 0.05) is 14.1 Å². The van der Waals surface area contributed by atoms with Crippen LogP contribution in [0.15, 0.2) is 12.3 Å². The zero-order valence-corrected chi connectivity index (χ0v) is 9.21. The molecule has 1 saturated carbocycles. The van der Waals surface area contributed by atoms with Gasteiger partial charge in [-0.3, -0.25) is 0 Å². The van der Waals surface area contributed by atoms with Crippen LogP contribution in [0, 0.1) is 10.1 Å². The number of nitro groups is 1. The van der Waals surface area contributed by atoms with Crippen molar-refractivity contribution in [1.29, 1.82) is 0 Å². The van der Waals surface area contributed by atoms with Gasteiger partial charge in [0.1, 0.15) is 5.69 Å². The van der Waals surface area contributed by atoms with Crippen molar-refractivity contribution in [2.24, 2.45) is 0 Å². The van der Waals surface area contributed by atoms with Gasteiger partial charge in [-0.2, -0.15) is 0 Å². The standard InChI is InChI=1S/C10H13N3O3/c1-12(2)8-6-11-10(13(14)15)5-9(8)16-7-3-4-7/h5-7H,3-4H2,1-2H3. The summed E-state index contributed by atoms with van der Waals surface area (Å²) in [7, 11) is 3.70. The van der Waals surface area contributed by atoms with Crippen LogP contribution in [0.3, 0.4) is 0 Å². The average molecular weight is 223 g/mol. The van der Waals surface area contributed by atoms with E-state index in [1.54, 1.807) is 0 Å². The van der Waals surface area contributed by atoms with Crippen LogP contribution in [0.5, 0.6) is 5.75 Å². The van der Waals surface area contributed by atoms with Crippen molar-refractivity contribution in [2.75, 3.05) is 19.0 Å². The highest BCUT2D eigenvalue weighted by Gasteiger charge is 2.26. The zero-order chi connectivity index (χ0) is 11.7. The van der Waals surface area contributed by atoms with E-state index in [4.69, 9.17) is 4.74 Å². The fourth-order valence-electron chi connectivity index (χ4n) is 1.31. The summed E-state index contributed by atoms with van der Waals surface area (Å²) in [5, 5.41) is 10.6. The number of nitrogens with zero attached hydrogens (tertiary/aromatic N) is 3. The van der Waals surface area contributed by atoms with E-state index in [0.29, 0.717) is 5.75 Å². The van der Waals surface area contributed by atoms with Crippen molar-refractivity contribution in [3.63, 3.8) is 0 Å². The number of ether oxygens (including phenoxy) is 1. The minimum absolute atomic E-state index is 0.179. The molecule has 1 aliphatic carbocycles. The first kappa shape index (κ1) is 10.7. The summed E-state index contributed by atoms with van der Waals surface area (Å²) in [6.07, 6.45) is 3.71. The molecule has 0 amide bonds. The van der Waals surface area contributed by atoms with Crippen molar-refractivity contribution < 1.29 is 9.66 Å². The van der Waals surface area contributed by atoms with Gasteiger partial charge in [0.15, 0.2) is 11.9 Å². The maximum absolute atomic E-state index is 10.6. The molecule has 1 aromatic heterocycles. The Hall–Kier alpha value is -1.85. The largest absolute Gasteiger partial charge is 0.488 e. The highest BCUT2D eigenvalue weighted by atomic mass is 16.6. The first-order valence-electron chi connectivity index (χ1n) is 5.06. The molecule has 16 heavy (non-hydrogen) atoms. The summed E-state index contributed by atoms with van der Waals surface area (Å²) in [6.45, 7) is 0. The summed E-state index contributed by atoms with van der Waals surface area (Å²) < 4.78 is 5.62. The molecule has 0 saturated heterocycles. The number of anilines is 1. The normalized spacial score (nSPS) is 14.6. The quantitative estimate of drug-likeness (QED) is 0.572. The van der Waals surface area contributed by atoms with Gasteiger partial charge >= 0.3 is 5.82 Å². The molecular formula is C10H13N3O3. The van der Waals surface area contributed by atoms with Crippen LogP contribution in [-0.4, -0.2) is 30.1 Å².